The number of hydrogen-bond acceptors (Lipinski definition) is 0. The first kappa shape index (κ1) is 12.3. The molecule has 0 aliphatic heterocycles. The fourth-order valence-corrected chi connectivity index (χ4v) is 0.757. The molecule has 0 fully saturated rings. The van der Waals surface area contributed by atoms with Gasteiger partial charge in [-0.3, -0.25) is 0 Å². The fraction of sp³-hybridized carbons (Fsp3) is 0.800. The summed E-state index contributed by atoms with van der Waals surface area (Å²) in [4.78, 5) is 0. The molecule has 0 bridgehead atoms. The van der Waals surface area contributed by atoms with E-state index < -0.39 is 0 Å². The van der Waals surface area contributed by atoms with E-state index in [2.05, 4.69) is 33.6 Å². The molecule has 1 unspecified atom stereocenters. The minimum atomic E-state index is 0.954. The van der Waals surface area contributed by atoms with Crippen molar-refractivity contribution in [3.63, 3.8) is 0 Å². The van der Waals surface area contributed by atoms with Crippen LogP contribution in [0.1, 0.15) is 46.5 Å². The average molecular weight is 140 g/mol. The predicted octanol–water partition coefficient (Wildman–Crippen LogP) is 3.47. The molecular weight excluding hydrogens is 120 g/mol. The van der Waals surface area contributed by atoms with E-state index >= 15 is 0 Å². The maximum absolute atomic E-state index is 4.00. The SMILES string of the molecule is C#C.CCCCC(C)CC. The molecule has 0 aliphatic rings. The molecule has 0 aromatic heterocycles. The standard InChI is InChI=1S/C8H18.C2H2/c1-4-6-7-8(3)5-2;1-2/h8H,4-7H2,1-3H3;1-2H. The number of unbranched alkanes of at least 4 members (excludes halogenated alkanes) is 1. The Labute approximate surface area is 66.0 Å². The van der Waals surface area contributed by atoms with Crippen LogP contribution in [-0.2, 0) is 0 Å². The first-order chi connectivity index (χ1) is 4.81. The fourth-order valence-electron chi connectivity index (χ4n) is 0.757. The van der Waals surface area contributed by atoms with Gasteiger partial charge in [-0.2, -0.15) is 0 Å². The summed E-state index contributed by atoms with van der Waals surface area (Å²) >= 11 is 0. The van der Waals surface area contributed by atoms with Crippen molar-refractivity contribution in [2.75, 3.05) is 0 Å². The van der Waals surface area contributed by atoms with Crippen LogP contribution in [-0.4, -0.2) is 0 Å². The molecule has 0 aliphatic carbocycles. The molecule has 10 heavy (non-hydrogen) atoms. The van der Waals surface area contributed by atoms with E-state index in [4.69, 9.17) is 0 Å². The number of hydrogen-bond donors (Lipinski definition) is 0. The van der Waals surface area contributed by atoms with Crippen LogP contribution in [0.3, 0.4) is 0 Å². The van der Waals surface area contributed by atoms with Crippen molar-refractivity contribution < 1.29 is 0 Å². The first-order valence-electron chi connectivity index (χ1n) is 4.14. The lowest BCUT2D eigenvalue weighted by molar-refractivity contribution is 0.492. The normalized spacial score (nSPS) is 11.3. The first-order valence-corrected chi connectivity index (χ1v) is 4.14. The van der Waals surface area contributed by atoms with Crippen LogP contribution in [0, 0.1) is 18.8 Å². The van der Waals surface area contributed by atoms with E-state index in [0.29, 0.717) is 0 Å². The Bertz CT molecular complexity index is 61.7. The van der Waals surface area contributed by atoms with Gasteiger partial charge in [-0.15, -0.1) is 12.8 Å². The zero-order chi connectivity index (χ0) is 8.41. The van der Waals surface area contributed by atoms with Gasteiger partial charge >= 0.3 is 0 Å². The van der Waals surface area contributed by atoms with Gasteiger partial charge in [-0.25, -0.2) is 0 Å². The molecule has 0 aromatic rings. The number of terminal acetylenes is 1. The summed E-state index contributed by atoms with van der Waals surface area (Å²) in [5.41, 5.74) is 0. The van der Waals surface area contributed by atoms with Crippen molar-refractivity contribution in [2.45, 2.75) is 46.5 Å². The summed E-state index contributed by atoms with van der Waals surface area (Å²) in [6.45, 7) is 6.85. The summed E-state index contributed by atoms with van der Waals surface area (Å²) in [5, 5.41) is 0. The van der Waals surface area contributed by atoms with Gasteiger partial charge in [-0.05, 0) is 5.92 Å². The molecule has 0 saturated heterocycles. The second kappa shape index (κ2) is 11.4. The highest BCUT2D eigenvalue weighted by atomic mass is 14.0. The van der Waals surface area contributed by atoms with E-state index in [1.54, 1.807) is 0 Å². The van der Waals surface area contributed by atoms with Gasteiger partial charge in [0.1, 0.15) is 0 Å². The zero-order valence-corrected chi connectivity index (χ0v) is 7.56. The van der Waals surface area contributed by atoms with E-state index in [-0.39, 0.29) is 0 Å². The summed E-state index contributed by atoms with van der Waals surface area (Å²) < 4.78 is 0. The molecular formula is C10H20. The van der Waals surface area contributed by atoms with Gasteiger partial charge in [0.25, 0.3) is 0 Å². The third kappa shape index (κ3) is 10.5. The minimum absolute atomic E-state index is 0.954. The van der Waals surface area contributed by atoms with Crippen LogP contribution in [0.25, 0.3) is 0 Å². The van der Waals surface area contributed by atoms with E-state index in [0.717, 1.165) is 5.92 Å². The lowest BCUT2D eigenvalue weighted by atomic mass is 10.0. The third-order valence-electron chi connectivity index (χ3n) is 1.75. The van der Waals surface area contributed by atoms with E-state index in [9.17, 15) is 0 Å². The Kier molecular flexibility index (Phi) is 13.9. The molecule has 0 spiro atoms. The zero-order valence-electron chi connectivity index (χ0n) is 7.56. The smallest absolute Gasteiger partial charge is 0.0445 e. The highest BCUT2D eigenvalue weighted by Gasteiger charge is 1.94. The average Bonchev–Trinajstić information content (AvgIpc) is 2.04. The summed E-state index contributed by atoms with van der Waals surface area (Å²) in [7, 11) is 0. The van der Waals surface area contributed by atoms with Crippen LogP contribution in [0.5, 0.6) is 0 Å². The van der Waals surface area contributed by atoms with Crippen molar-refractivity contribution >= 4 is 0 Å². The monoisotopic (exact) mass is 140 g/mol. The van der Waals surface area contributed by atoms with Crippen molar-refractivity contribution in [1.82, 2.24) is 0 Å². The van der Waals surface area contributed by atoms with Gasteiger partial charge in [0.05, 0.1) is 0 Å². The summed E-state index contributed by atoms with van der Waals surface area (Å²) in [6, 6.07) is 0. The second-order valence-corrected chi connectivity index (χ2v) is 2.66. The van der Waals surface area contributed by atoms with Gasteiger partial charge in [0, 0.05) is 0 Å². The Morgan fingerprint density at radius 2 is 1.70 bits per heavy atom. The van der Waals surface area contributed by atoms with Gasteiger partial charge in [0.2, 0.25) is 0 Å². The van der Waals surface area contributed by atoms with Crippen LogP contribution in [0.15, 0.2) is 0 Å². The predicted molar refractivity (Wildman–Crippen MR) is 48.9 cm³/mol. The largest absolute Gasteiger partial charge is 0.124 e. The third-order valence-corrected chi connectivity index (χ3v) is 1.75. The molecule has 0 nitrogen and oxygen atoms in total. The Balaban J connectivity index is 0. The second-order valence-electron chi connectivity index (χ2n) is 2.66. The maximum atomic E-state index is 4.00. The van der Waals surface area contributed by atoms with Crippen LogP contribution < -0.4 is 0 Å². The quantitative estimate of drug-likeness (QED) is 0.524. The van der Waals surface area contributed by atoms with Crippen LogP contribution >= 0.6 is 0 Å². The number of rotatable bonds is 4. The molecule has 0 N–H and O–H groups in total. The minimum Gasteiger partial charge on any atom is -0.124 e. The lowest BCUT2D eigenvalue weighted by Gasteiger charge is -2.04. The lowest BCUT2D eigenvalue weighted by Crippen LogP contribution is -1.89. The molecule has 0 saturated carbocycles. The Morgan fingerprint density at radius 3 is 2.00 bits per heavy atom. The Hall–Kier alpha value is -0.440. The summed E-state index contributed by atoms with van der Waals surface area (Å²) in [6.07, 6.45) is 13.5. The van der Waals surface area contributed by atoms with Crippen molar-refractivity contribution in [1.29, 1.82) is 0 Å². The molecule has 0 heterocycles. The topological polar surface area (TPSA) is 0 Å². The van der Waals surface area contributed by atoms with Crippen molar-refractivity contribution in [3.05, 3.63) is 0 Å². The molecule has 0 rings (SSSR count). The van der Waals surface area contributed by atoms with Crippen LogP contribution in [0.2, 0.25) is 0 Å². The highest BCUT2D eigenvalue weighted by Crippen LogP contribution is 2.09. The van der Waals surface area contributed by atoms with E-state index in [1.807, 2.05) is 0 Å². The molecule has 0 aromatic carbocycles. The van der Waals surface area contributed by atoms with Gasteiger partial charge < -0.3 is 0 Å². The van der Waals surface area contributed by atoms with E-state index in [1.165, 1.54) is 25.7 Å². The highest BCUT2D eigenvalue weighted by molar-refractivity contribution is 4.48. The van der Waals surface area contributed by atoms with Crippen LogP contribution in [0.4, 0.5) is 0 Å². The molecule has 60 valence electrons. The maximum Gasteiger partial charge on any atom is -0.0445 e. The van der Waals surface area contributed by atoms with Gasteiger partial charge in [-0.1, -0.05) is 46.5 Å². The molecule has 1 atom stereocenters. The van der Waals surface area contributed by atoms with Crippen molar-refractivity contribution in [2.24, 2.45) is 5.92 Å². The summed E-state index contributed by atoms with van der Waals surface area (Å²) in [5.74, 6) is 0.954. The van der Waals surface area contributed by atoms with Gasteiger partial charge in [0.15, 0.2) is 0 Å². The molecule has 0 heteroatoms. The molecule has 0 radical (unpaired) electrons. The van der Waals surface area contributed by atoms with Crippen molar-refractivity contribution in [3.8, 4) is 12.8 Å². The molecule has 0 amide bonds. The Morgan fingerprint density at radius 1 is 1.20 bits per heavy atom.